The summed E-state index contributed by atoms with van der Waals surface area (Å²) in [6.45, 7) is 6.91. The van der Waals surface area contributed by atoms with Crippen LogP contribution in [-0.2, 0) is 4.74 Å². The quantitative estimate of drug-likeness (QED) is 0.162. The largest absolute Gasteiger partial charge is 0.354 e. The van der Waals surface area contributed by atoms with Gasteiger partial charge in [0.1, 0.15) is 18.5 Å². The Morgan fingerprint density at radius 1 is 0.711 bits per heavy atom. The average Bonchev–Trinajstić information content (AvgIpc) is 4.02. The van der Waals surface area contributed by atoms with Gasteiger partial charge in [-0.15, -0.1) is 11.8 Å². The van der Waals surface area contributed by atoms with E-state index in [0.29, 0.717) is 6.73 Å². The van der Waals surface area contributed by atoms with Gasteiger partial charge in [0, 0.05) is 56.0 Å². The number of aliphatic imine (C=N–C) groups is 2. The molecule has 0 aliphatic carbocycles. The van der Waals surface area contributed by atoms with Gasteiger partial charge in [-0.25, -0.2) is 23.6 Å². The average molecular weight is 818 g/mol. The molecule has 0 amide bonds. The predicted octanol–water partition coefficient (Wildman–Crippen LogP) is 3.12. The molecule has 9 heterocycles. The minimum Gasteiger partial charge on any atom is -0.354 e. The summed E-state index contributed by atoms with van der Waals surface area (Å²) in [4.78, 5) is 7.62. The first-order valence-corrected chi connectivity index (χ1v) is 23.3. The van der Waals surface area contributed by atoms with Crippen LogP contribution in [-0.4, -0.2) is 98.3 Å². The molecule has 24 heteroatoms. The number of nitrogens with zero attached hydrogens (tertiary/aromatic N) is 2. The van der Waals surface area contributed by atoms with Gasteiger partial charge in [0.15, 0.2) is 0 Å². The molecule has 9 rings (SSSR count). The zero-order chi connectivity index (χ0) is 31.8. The highest BCUT2D eigenvalue weighted by Crippen LogP contribution is 2.14. The second kappa shape index (κ2) is 41.7. The lowest BCUT2D eigenvalue weighted by molar-refractivity contribution is 0.201. The van der Waals surface area contributed by atoms with Gasteiger partial charge in [-0.3, -0.25) is 29.5 Å². The normalized spacial score (nSPS) is 22.2. The summed E-state index contributed by atoms with van der Waals surface area (Å²) in [5.41, 5.74) is 1.79. The van der Waals surface area contributed by atoms with Crippen LogP contribution >= 0.6 is 119 Å². The fourth-order valence-electron chi connectivity index (χ4n) is 2.14. The molecular weight excluding hydrogens is 771 g/mol. The van der Waals surface area contributed by atoms with Crippen molar-refractivity contribution in [3.8, 4) is 0 Å². The molecule has 9 aliphatic rings. The van der Waals surface area contributed by atoms with Crippen LogP contribution in [0.3, 0.4) is 0 Å². The van der Waals surface area contributed by atoms with Crippen molar-refractivity contribution >= 4 is 131 Å². The van der Waals surface area contributed by atoms with Crippen LogP contribution in [0, 0.1) is 0 Å². The Bertz CT molecular complexity index is 518. The van der Waals surface area contributed by atoms with Crippen LogP contribution in [0.2, 0.25) is 0 Å². The standard InChI is InChI=1S/C3H7NS.2C3H5NS.C2H6N2S.2C2H4N2S.C2H6N2S.C2H5NOS.C2H5NS2/c3*1-2-4-5-3-1;3*1-3-2-5-4-1;1-2-4-5-3-1;2*1-3-5-2-4-1/h4H,1-3H2;1,3-4H,2H2;1-2,4H,3H2;3-4H,1-2H2;2,4H,1H2;1H,2H2,(H,3,4);3-4H,1-2H2;2*3H,1-2H2. The monoisotopic (exact) mass is 817 g/mol. The van der Waals surface area contributed by atoms with Gasteiger partial charge in [-0.2, -0.15) is 0 Å². The summed E-state index contributed by atoms with van der Waals surface area (Å²) < 4.78 is 34.8. The lowest BCUT2D eigenvalue weighted by Gasteiger charge is -1.77. The van der Waals surface area contributed by atoms with Crippen molar-refractivity contribution in [1.29, 1.82) is 0 Å². The maximum Gasteiger partial charge on any atom is 0.108 e. The van der Waals surface area contributed by atoms with Gasteiger partial charge in [0.2, 0.25) is 0 Å². The fourth-order valence-corrected chi connectivity index (χ4v) is 7.67. The number of nitrogens with one attached hydrogen (secondary N) is 11. The first kappa shape index (κ1) is 44.5. The predicted molar refractivity (Wildman–Crippen MR) is 220 cm³/mol. The van der Waals surface area contributed by atoms with Gasteiger partial charge in [-0.1, -0.05) is 71.9 Å². The van der Waals surface area contributed by atoms with Crippen molar-refractivity contribution in [1.82, 2.24) is 52.5 Å². The van der Waals surface area contributed by atoms with Crippen LogP contribution in [0.5, 0.6) is 0 Å². The topological polar surface area (TPSA) is 166 Å². The number of rotatable bonds is 0. The van der Waals surface area contributed by atoms with Crippen molar-refractivity contribution in [2.24, 2.45) is 9.98 Å². The highest BCUT2D eigenvalue weighted by molar-refractivity contribution is 8.17. The van der Waals surface area contributed by atoms with Gasteiger partial charge >= 0.3 is 0 Å². The highest BCUT2D eigenvalue weighted by atomic mass is 32.2. The Labute approximate surface area is 312 Å². The fraction of sp³-hybridized carbons (Fsp3) is 0.714. The van der Waals surface area contributed by atoms with Crippen LogP contribution in [0.4, 0.5) is 0 Å². The van der Waals surface area contributed by atoms with E-state index in [0.717, 1.165) is 62.3 Å². The van der Waals surface area contributed by atoms with Gasteiger partial charge < -0.3 is 14.2 Å². The molecule has 5 saturated heterocycles. The molecule has 0 aromatic rings. The maximum atomic E-state index is 4.80. The number of hydrogen-bond acceptors (Lipinski definition) is 24. The molecule has 14 nitrogen and oxygen atoms in total. The Hall–Kier alpha value is 1.52. The van der Waals surface area contributed by atoms with E-state index < -0.39 is 0 Å². The zero-order valence-electron chi connectivity index (χ0n) is 25.0. The molecule has 0 aromatic heterocycles. The van der Waals surface area contributed by atoms with Crippen molar-refractivity contribution in [2.45, 2.75) is 6.42 Å². The second-order valence-corrected chi connectivity index (χ2v) is 16.3. The lowest BCUT2D eigenvalue weighted by atomic mass is 10.5. The molecule has 0 saturated carbocycles. The van der Waals surface area contributed by atoms with Crippen LogP contribution < -0.4 is 52.5 Å². The molecule has 11 N–H and O–H groups in total. The number of hydrogen-bond donors (Lipinski definition) is 11. The van der Waals surface area contributed by atoms with Gasteiger partial charge in [-0.05, 0) is 47.7 Å². The minimum atomic E-state index is 0.713. The minimum absolute atomic E-state index is 0.713. The molecule has 0 bridgehead atoms. The first-order valence-electron chi connectivity index (χ1n) is 13.6. The third kappa shape index (κ3) is 39.8. The van der Waals surface area contributed by atoms with Crippen molar-refractivity contribution < 1.29 is 4.74 Å². The summed E-state index contributed by atoms with van der Waals surface area (Å²) in [6, 6.07) is 0. The van der Waals surface area contributed by atoms with E-state index >= 15 is 0 Å². The second-order valence-electron chi connectivity index (χ2n) is 7.44. The molecular formula is C21H47N13OS10. The summed E-state index contributed by atoms with van der Waals surface area (Å²) in [5.74, 6) is 6.30. The summed E-state index contributed by atoms with van der Waals surface area (Å²) >= 11 is 16.9. The smallest absolute Gasteiger partial charge is 0.108 e. The first-order chi connectivity index (χ1) is 22.5. The lowest BCUT2D eigenvalue weighted by Crippen LogP contribution is -2.10. The summed E-state index contributed by atoms with van der Waals surface area (Å²) in [7, 11) is 0. The highest BCUT2D eigenvalue weighted by Gasteiger charge is 1.95. The molecule has 0 aromatic carbocycles. The molecule has 0 unspecified atom stereocenters. The Morgan fingerprint density at radius 3 is 1.87 bits per heavy atom. The molecule has 0 radical (unpaired) electrons. The van der Waals surface area contributed by atoms with Crippen molar-refractivity contribution in [2.75, 3.05) is 86.4 Å². The maximum absolute atomic E-state index is 4.80. The van der Waals surface area contributed by atoms with E-state index in [1.807, 2.05) is 35.3 Å². The van der Waals surface area contributed by atoms with Gasteiger partial charge in [0.05, 0.1) is 42.1 Å². The Balaban J connectivity index is 0.000000253. The van der Waals surface area contributed by atoms with Gasteiger partial charge in [0.25, 0.3) is 0 Å². The number of ether oxygens (including phenoxy) is 1. The summed E-state index contributed by atoms with van der Waals surface area (Å²) in [6.07, 6.45) is 9.18. The molecule has 262 valence electrons. The van der Waals surface area contributed by atoms with Crippen molar-refractivity contribution in [3.63, 3.8) is 0 Å². The SMILES string of the molecule is C1=CNSC1.C1=CSNC1.C1=NCNS1.C1=NCSN1.C1CNSC1.C1CNSN1.C1NCSN1.C1NSCO1.C1NSCS1. The van der Waals surface area contributed by atoms with Crippen molar-refractivity contribution in [3.05, 3.63) is 23.8 Å². The van der Waals surface area contributed by atoms with Crippen LogP contribution in [0.15, 0.2) is 33.7 Å². The van der Waals surface area contributed by atoms with E-state index in [-0.39, 0.29) is 0 Å². The molecule has 0 atom stereocenters. The molecule has 9 aliphatic heterocycles. The van der Waals surface area contributed by atoms with E-state index in [1.165, 1.54) is 35.8 Å². The number of thioether (sulfide) groups is 1. The third-order valence-corrected chi connectivity index (χ3v) is 11.4. The van der Waals surface area contributed by atoms with E-state index in [2.05, 4.69) is 74.7 Å². The van der Waals surface area contributed by atoms with Crippen LogP contribution in [0.1, 0.15) is 6.42 Å². The zero-order valence-corrected chi connectivity index (χ0v) is 33.1. The Morgan fingerprint density at radius 2 is 1.67 bits per heavy atom. The molecule has 45 heavy (non-hydrogen) atoms. The molecule has 5 fully saturated rings. The van der Waals surface area contributed by atoms with Crippen LogP contribution in [0.25, 0.3) is 0 Å². The Kier molecular flexibility index (Phi) is 41.3. The van der Waals surface area contributed by atoms with E-state index in [9.17, 15) is 0 Å². The molecule has 0 spiro atoms. The van der Waals surface area contributed by atoms with E-state index in [4.69, 9.17) is 4.74 Å². The van der Waals surface area contributed by atoms with E-state index in [1.54, 1.807) is 95.7 Å². The summed E-state index contributed by atoms with van der Waals surface area (Å²) in [5, 5.41) is 6.34. The third-order valence-electron chi connectivity index (χ3n) is 4.02.